The first kappa shape index (κ1) is 14.0. The molecule has 0 fully saturated rings. The van der Waals surface area contributed by atoms with Gasteiger partial charge >= 0.3 is 0 Å². The van der Waals surface area contributed by atoms with Crippen LogP contribution in [-0.4, -0.2) is 20.7 Å². The summed E-state index contributed by atoms with van der Waals surface area (Å²) < 4.78 is 2.74. The minimum atomic E-state index is -0.178. The second kappa shape index (κ2) is 6.14. The molecule has 2 aromatic heterocycles. The number of pyridine rings is 1. The van der Waals surface area contributed by atoms with Gasteiger partial charge in [-0.2, -0.15) is 5.10 Å². The van der Waals surface area contributed by atoms with Crippen molar-refractivity contribution in [3.63, 3.8) is 0 Å². The van der Waals surface area contributed by atoms with Crippen molar-refractivity contribution < 1.29 is 4.79 Å². The van der Waals surface area contributed by atoms with Crippen LogP contribution in [0.25, 0.3) is 0 Å². The molecule has 0 radical (unpaired) electrons. The van der Waals surface area contributed by atoms with Gasteiger partial charge in [0.15, 0.2) is 0 Å². The zero-order valence-corrected chi connectivity index (χ0v) is 13.0. The number of anilines is 1. The second-order valence-corrected chi connectivity index (χ2v) is 5.25. The van der Waals surface area contributed by atoms with Crippen LogP contribution in [0.1, 0.15) is 30.0 Å². The van der Waals surface area contributed by atoms with Gasteiger partial charge in [0.05, 0.1) is 5.69 Å². The van der Waals surface area contributed by atoms with Gasteiger partial charge in [0.25, 0.3) is 5.91 Å². The molecule has 0 aromatic carbocycles. The SMILES string of the molecule is CCc1cc(C(=O)Nc2ccc(I)cn2)n(CC)n1. The van der Waals surface area contributed by atoms with E-state index in [9.17, 15) is 4.79 Å². The number of aromatic nitrogens is 3. The van der Waals surface area contributed by atoms with Crippen molar-refractivity contribution in [2.45, 2.75) is 26.8 Å². The Labute approximate surface area is 125 Å². The molecule has 0 spiro atoms. The normalized spacial score (nSPS) is 10.5. The Kier molecular flexibility index (Phi) is 4.52. The van der Waals surface area contributed by atoms with Crippen molar-refractivity contribution >= 4 is 34.3 Å². The van der Waals surface area contributed by atoms with Crippen molar-refractivity contribution in [1.82, 2.24) is 14.8 Å². The number of nitrogens with one attached hydrogen (secondary N) is 1. The molecule has 0 aliphatic heterocycles. The number of rotatable bonds is 4. The summed E-state index contributed by atoms with van der Waals surface area (Å²) in [6, 6.07) is 5.51. The predicted molar refractivity (Wildman–Crippen MR) is 82.2 cm³/mol. The Morgan fingerprint density at radius 1 is 1.42 bits per heavy atom. The average molecular weight is 370 g/mol. The van der Waals surface area contributed by atoms with Gasteiger partial charge in [-0.15, -0.1) is 0 Å². The Hall–Kier alpha value is -1.44. The van der Waals surface area contributed by atoms with E-state index < -0.39 is 0 Å². The van der Waals surface area contributed by atoms with E-state index >= 15 is 0 Å². The van der Waals surface area contributed by atoms with Crippen molar-refractivity contribution in [3.8, 4) is 0 Å². The number of amides is 1. The lowest BCUT2D eigenvalue weighted by Crippen LogP contribution is -2.17. The number of carbonyl (C=O) groups is 1. The van der Waals surface area contributed by atoms with Crippen LogP contribution in [0.2, 0.25) is 0 Å². The van der Waals surface area contributed by atoms with Crippen LogP contribution >= 0.6 is 22.6 Å². The molecule has 2 rings (SSSR count). The maximum atomic E-state index is 12.2. The second-order valence-electron chi connectivity index (χ2n) is 4.01. The molecule has 19 heavy (non-hydrogen) atoms. The highest BCUT2D eigenvalue weighted by molar-refractivity contribution is 14.1. The van der Waals surface area contributed by atoms with Crippen LogP contribution in [0.4, 0.5) is 5.82 Å². The first-order valence-corrected chi connectivity index (χ1v) is 7.21. The van der Waals surface area contributed by atoms with Crippen LogP contribution in [0.5, 0.6) is 0 Å². The van der Waals surface area contributed by atoms with E-state index in [1.807, 2.05) is 26.0 Å². The van der Waals surface area contributed by atoms with Crippen molar-refractivity contribution in [2.24, 2.45) is 0 Å². The van der Waals surface area contributed by atoms with Gasteiger partial charge in [0, 0.05) is 16.3 Å². The molecule has 0 unspecified atom stereocenters. The summed E-state index contributed by atoms with van der Waals surface area (Å²) in [6.45, 7) is 4.65. The first-order valence-electron chi connectivity index (χ1n) is 6.13. The highest BCUT2D eigenvalue weighted by Gasteiger charge is 2.14. The third kappa shape index (κ3) is 3.31. The smallest absolute Gasteiger partial charge is 0.275 e. The number of halogens is 1. The van der Waals surface area contributed by atoms with Gasteiger partial charge in [-0.25, -0.2) is 4.98 Å². The molecule has 0 aliphatic carbocycles. The number of carbonyl (C=O) groups excluding carboxylic acids is 1. The topological polar surface area (TPSA) is 59.8 Å². The van der Waals surface area contributed by atoms with E-state index in [4.69, 9.17) is 0 Å². The summed E-state index contributed by atoms with van der Waals surface area (Å²) in [5.41, 5.74) is 1.49. The summed E-state index contributed by atoms with van der Waals surface area (Å²) in [5, 5.41) is 7.14. The summed E-state index contributed by atoms with van der Waals surface area (Å²) in [4.78, 5) is 16.4. The lowest BCUT2D eigenvalue weighted by atomic mass is 10.3. The average Bonchev–Trinajstić information content (AvgIpc) is 2.85. The van der Waals surface area contributed by atoms with Gasteiger partial charge in [-0.05, 0) is 54.1 Å². The molecule has 2 heterocycles. The molecule has 1 N–H and O–H groups in total. The maximum absolute atomic E-state index is 12.2. The Morgan fingerprint density at radius 2 is 2.21 bits per heavy atom. The monoisotopic (exact) mass is 370 g/mol. The lowest BCUT2D eigenvalue weighted by Gasteiger charge is -2.05. The zero-order chi connectivity index (χ0) is 13.8. The maximum Gasteiger partial charge on any atom is 0.275 e. The van der Waals surface area contributed by atoms with Gasteiger partial charge < -0.3 is 5.32 Å². The molecule has 100 valence electrons. The third-order valence-electron chi connectivity index (χ3n) is 2.69. The summed E-state index contributed by atoms with van der Waals surface area (Å²) in [6.07, 6.45) is 2.53. The minimum Gasteiger partial charge on any atom is -0.305 e. The van der Waals surface area contributed by atoms with E-state index in [0.717, 1.165) is 15.7 Å². The number of aryl methyl sites for hydroxylation is 2. The van der Waals surface area contributed by atoms with Crippen LogP contribution < -0.4 is 5.32 Å². The molecule has 2 aromatic rings. The molecular formula is C13H15IN4O. The standard InChI is InChI=1S/C13H15IN4O/c1-3-10-7-11(18(4-2)17-10)13(19)16-12-6-5-9(14)8-15-12/h5-8H,3-4H2,1-2H3,(H,15,16,19). The molecule has 0 saturated heterocycles. The van der Waals surface area contributed by atoms with Crippen LogP contribution in [0, 0.1) is 3.57 Å². The fourth-order valence-corrected chi connectivity index (χ4v) is 2.02. The number of hydrogen-bond acceptors (Lipinski definition) is 3. The van der Waals surface area contributed by atoms with E-state index in [1.54, 1.807) is 16.9 Å². The summed E-state index contributed by atoms with van der Waals surface area (Å²) in [5.74, 6) is 0.370. The van der Waals surface area contributed by atoms with E-state index in [0.29, 0.717) is 18.1 Å². The molecule has 0 atom stereocenters. The Bertz CT molecular complexity index is 577. The van der Waals surface area contributed by atoms with Crippen LogP contribution in [0.3, 0.4) is 0 Å². The Morgan fingerprint density at radius 3 is 2.79 bits per heavy atom. The largest absolute Gasteiger partial charge is 0.305 e. The summed E-state index contributed by atoms with van der Waals surface area (Å²) >= 11 is 2.17. The predicted octanol–water partition coefficient (Wildman–Crippen LogP) is 2.72. The minimum absolute atomic E-state index is 0.178. The molecule has 0 aliphatic rings. The number of nitrogens with zero attached hydrogens (tertiary/aromatic N) is 3. The van der Waals surface area contributed by atoms with Gasteiger partial charge in [-0.1, -0.05) is 6.92 Å². The third-order valence-corrected chi connectivity index (χ3v) is 3.33. The highest BCUT2D eigenvalue weighted by Crippen LogP contribution is 2.11. The van der Waals surface area contributed by atoms with Crippen molar-refractivity contribution in [1.29, 1.82) is 0 Å². The first-order chi connectivity index (χ1) is 9.13. The van der Waals surface area contributed by atoms with Gasteiger partial charge in [0.1, 0.15) is 11.5 Å². The van der Waals surface area contributed by atoms with E-state index in [-0.39, 0.29) is 5.91 Å². The molecular weight excluding hydrogens is 355 g/mol. The van der Waals surface area contributed by atoms with Crippen molar-refractivity contribution in [3.05, 3.63) is 39.4 Å². The molecule has 5 nitrogen and oxygen atoms in total. The van der Waals surface area contributed by atoms with E-state index in [2.05, 4.69) is 38.0 Å². The Balaban J connectivity index is 2.19. The van der Waals surface area contributed by atoms with Gasteiger partial charge in [-0.3, -0.25) is 9.48 Å². The van der Waals surface area contributed by atoms with Gasteiger partial charge in [0.2, 0.25) is 0 Å². The molecule has 0 bridgehead atoms. The zero-order valence-electron chi connectivity index (χ0n) is 10.9. The van der Waals surface area contributed by atoms with E-state index in [1.165, 1.54) is 0 Å². The molecule has 1 amide bonds. The highest BCUT2D eigenvalue weighted by atomic mass is 127. The fourth-order valence-electron chi connectivity index (χ4n) is 1.70. The summed E-state index contributed by atoms with van der Waals surface area (Å²) in [7, 11) is 0. The van der Waals surface area contributed by atoms with Crippen LogP contribution in [0.15, 0.2) is 24.4 Å². The fraction of sp³-hybridized carbons (Fsp3) is 0.308. The quantitative estimate of drug-likeness (QED) is 0.842. The molecule has 6 heteroatoms. The van der Waals surface area contributed by atoms with Crippen molar-refractivity contribution in [2.75, 3.05) is 5.32 Å². The van der Waals surface area contributed by atoms with Crippen LogP contribution in [-0.2, 0) is 13.0 Å². The number of hydrogen-bond donors (Lipinski definition) is 1. The molecule has 0 saturated carbocycles. The lowest BCUT2D eigenvalue weighted by molar-refractivity contribution is 0.101.